The van der Waals surface area contributed by atoms with Crippen molar-refractivity contribution < 1.29 is 4.74 Å². The summed E-state index contributed by atoms with van der Waals surface area (Å²) in [6, 6.07) is 14.1. The van der Waals surface area contributed by atoms with Gasteiger partial charge in [-0.3, -0.25) is 9.89 Å². The van der Waals surface area contributed by atoms with Crippen molar-refractivity contribution in [2.45, 2.75) is 18.9 Å². The zero-order chi connectivity index (χ0) is 17.5. The van der Waals surface area contributed by atoms with E-state index < -0.39 is 0 Å². The Kier molecular flexibility index (Phi) is 7.87. The van der Waals surface area contributed by atoms with Crippen molar-refractivity contribution in [1.29, 1.82) is 0 Å². The number of rotatable bonds is 6. The first-order valence-corrected chi connectivity index (χ1v) is 8.62. The van der Waals surface area contributed by atoms with Crippen LogP contribution in [0.2, 0.25) is 0 Å². The average Bonchev–Trinajstić information content (AvgIpc) is 3.18. The summed E-state index contributed by atoms with van der Waals surface area (Å²) in [4.78, 5) is 11.2. The highest BCUT2D eigenvalue weighted by Gasteiger charge is 2.23. The summed E-state index contributed by atoms with van der Waals surface area (Å²) in [5.41, 5.74) is 7.27. The number of anilines is 1. The number of pyridine rings is 1. The highest BCUT2D eigenvalue weighted by atomic mass is 79.9. The number of nitrogens with two attached hydrogens (primary N) is 1. The summed E-state index contributed by atoms with van der Waals surface area (Å²) < 4.78 is 5.26. The molecule has 7 heteroatoms. The van der Waals surface area contributed by atoms with Crippen molar-refractivity contribution >= 4 is 28.8 Å². The monoisotopic (exact) mass is 419 g/mol. The van der Waals surface area contributed by atoms with Crippen LogP contribution in [0.3, 0.4) is 0 Å². The van der Waals surface area contributed by atoms with Crippen LogP contribution >= 0.6 is 17.0 Å². The zero-order valence-electron chi connectivity index (χ0n) is 15.0. The maximum Gasteiger partial charge on any atom is 0.194 e. The Balaban J connectivity index is 0.00000243. The first kappa shape index (κ1) is 20.2. The Hall–Kier alpha value is -2.12. The standard InChI is InChI=1S/C19H25N5O.BrH/c1-25-16-9-7-15(8-10-16)17(24-12-4-5-13-24)14-22-19(20)23-18-6-2-3-11-21-18;/h2-3,6-11,17H,4-5,12-14H2,1H3,(H3,20,21,22,23);1H. The topological polar surface area (TPSA) is 75.8 Å². The molecular weight excluding hydrogens is 394 g/mol. The molecular formula is C19H26BrN5O. The van der Waals surface area contributed by atoms with Gasteiger partial charge in [-0.25, -0.2) is 4.98 Å². The molecule has 3 rings (SSSR count). The fraction of sp³-hybridized carbons (Fsp3) is 0.368. The first-order valence-electron chi connectivity index (χ1n) is 8.62. The molecule has 2 aromatic rings. The lowest BCUT2D eigenvalue weighted by Gasteiger charge is -2.26. The largest absolute Gasteiger partial charge is 0.497 e. The molecule has 1 aromatic carbocycles. The van der Waals surface area contributed by atoms with Crippen molar-refractivity contribution in [3.63, 3.8) is 0 Å². The van der Waals surface area contributed by atoms with Gasteiger partial charge in [-0.05, 0) is 55.8 Å². The van der Waals surface area contributed by atoms with Crippen molar-refractivity contribution in [3.05, 3.63) is 54.2 Å². The van der Waals surface area contributed by atoms with E-state index in [4.69, 9.17) is 10.5 Å². The van der Waals surface area contributed by atoms with E-state index in [1.54, 1.807) is 13.3 Å². The number of ether oxygens (including phenoxy) is 1. The van der Waals surface area contributed by atoms with Crippen molar-refractivity contribution in [2.24, 2.45) is 10.7 Å². The van der Waals surface area contributed by atoms with Gasteiger partial charge in [0.05, 0.1) is 19.7 Å². The van der Waals surface area contributed by atoms with E-state index in [0.717, 1.165) is 18.8 Å². The minimum Gasteiger partial charge on any atom is -0.497 e. The summed E-state index contributed by atoms with van der Waals surface area (Å²) in [6.07, 6.45) is 4.19. The van der Waals surface area contributed by atoms with Gasteiger partial charge in [-0.1, -0.05) is 18.2 Å². The molecule has 1 fully saturated rings. The van der Waals surface area contributed by atoms with Gasteiger partial charge in [0.1, 0.15) is 11.6 Å². The van der Waals surface area contributed by atoms with Gasteiger partial charge in [0, 0.05) is 6.20 Å². The molecule has 1 aliphatic heterocycles. The van der Waals surface area contributed by atoms with Crippen LogP contribution in [0.5, 0.6) is 5.75 Å². The average molecular weight is 420 g/mol. The molecule has 1 aliphatic rings. The Bertz CT molecular complexity index is 687. The molecule has 0 amide bonds. The van der Waals surface area contributed by atoms with E-state index in [1.807, 2.05) is 30.3 Å². The van der Waals surface area contributed by atoms with Crippen LogP contribution in [0.25, 0.3) is 0 Å². The highest BCUT2D eigenvalue weighted by molar-refractivity contribution is 8.93. The Morgan fingerprint density at radius 2 is 1.96 bits per heavy atom. The number of aliphatic imine (C=N–C) groups is 1. The Morgan fingerprint density at radius 1 is 1.23 bits per heavy atom. The van der Waals surface area contributed by atoms with Crippen molar-refractivity contribution in [1.82, 2.24) is 9.88 Å². The van der Waals surface area contributed by atoms with Gasteiger partial charge in [-0.15, -0.1) is 17.0 Å². The molecule has 0 radical (unpaired) electrons. The fourth-order valence-corrected chi connectivity index (χ4v) is 3.10. The van der Waals surface area contributed by atoms with E-state index in [2.05, 4.69) is 32.3 Å². The number of methoxy groups -OCH3 is 1. The lowest BCUT2D eigenvalue weighted by atomic mass is 10.1. The van der Waals surface area contributed by atoms with E-state index in [9.17, 15) is 0 Å². The SMILES string of the molecule is Br.COc1ccc(C(CN=C(N)Nc2ccccn2)N2CCCC2)cc1. The summed E-state index contributed by atoms with van der Waals surface area (Å²) in [7, 11) is 1.68. The van der Waals surface area contributed by atoms with Crippen LogP contribution in [0.1, 0.15) is 24.4 Å². The molecule has 1 aromatic heterocycles. The third kappa shape index (κ3) is 5.44. The molecule has 3 N–H and O–H groups in total. The lowest BCUT2D eigenvalue weighted by Crippen LogP contribution is -2.30. The third-order valence-electron chi connectivity index (χ3n) is 4.44. The number of likely N-dealkylation sites (tertiary alicyclic amines) is 1. The molecule has 1 atom stereocenters. The van der Waals surface area contributed by atoms with E-state index in [0.29, 0.717) is 18.3 Å². The number of halogens is 1. The maximum atomic E-state index is 6.04. The summed E-state index contributed by atoms with van der Waals surface area (Å²) in [5, 5.41) is 3.04. The van der Waals surface area contributed by atoms with Gasteiger partial charge in [0.2, 0.25) is 0 Å². The third-order valence-corrected chi connectivity index (χ3v) is 4.44. The van der Waals surface area contributed by atoms with E-state index in [-0.39, 0.29) is 23.0 Å². The molecule has 140 valence electrons. The second-order valence-corrected chi connectivity index (χ2v) is 6.10. The number of benzene rings is 1. The summed E-state index contributed by atoms with van der Waals surface area (Å²) in [6.45, 7) is 2.80. The van der Waals surface area contributed by atoms with E-state index in [1.165, 1.54) is 18.4 Å². The van der Waals surface area contributed by atoms with Crippen LogP contribution in [-0.2, 0) is 0 Å². The molecule has 1 unspecified atom stereocenters. The summed E-state index contributed by atoms with van der Waals surface area (Å²) >= 11 is 0. The Labute approximate surface area is 165 Å². The number of nitrogens with one attached hydrogen (secondary N) is 1. The highest BCUT2D eigenvalue weighted by Crippen LogP contribution is 2.27. The molecule has 0 saturated carbocycles. The van der Waals surface area contributed by atoms with Gasteiger partial charge in [0.15, 0.2) is 5.96 Å². The predicted octanol–water partition coefficient (Wildman–Crippen LogP) is 3.23. The van der Waals surface area contributed by atoms with Crippen molar-refractivity contribution in [2.75, 3.05) is 32.1 Å². The second kappa shape index (κ2) is 10.1. The maximum absolute atomic E-state index is 6.04. The molecule has 1 saturated heterocycles. The van der Waals surface area contributed by atoms with Gasteiger partial charge in [0.25, 0.3) is 0 Å². The van der Waals surface area contributed by atoms with Crippen LogP contribution in [0.15, 0.2) is 53.7 Å². The van der Waals surface area contributed by atoms with Gasteiger partial charge >= 0.3 is 0 Å². The number of hydrogen-bond acceptors (Lipinski definition) is 4. The fourth-order valence-electron chi connectivity index (χ4n) is 3.10. The van der Waals surface area contributed by atoms with Crippen LogP contribution < -0.4 is 15.8 Å². The number of nitrogens with zero attached hydrogens (tertiary/aromatic N) is 3. The van der Waals surface area contributed by atoms with E-state index >= 15 is 0 Å². The Morgan fingerprint density at radius 3 is 2.58 bits per heavy atom. The molecule has 2 heterocycles. The molecule has 0 spiro atoms. The minimum atomic E-state index is 0. The van der Waals surface area contributed by atoms with Crippen LogP contribution in [0, 0.1) is 0 Å². The molecule has 0 bridgehead atoms. The molecule has 6 nitrogen and oxygen atoms in total. The van der Waals surface area contributed by atoms with Crippen LogP contribution in [0.4, 0.5) is 5.82 Å². The predicted molar refractivity (Wildman–Crippen MR) is 111 cm³/mol. The number of guanidine groups is 1. The van der Waals surface area contributed by atoms with Gasteiger partial charge in [-0.2, -0.15) is 0 Å². The normalized spacial score (nSPS) is 16.0. The smallest absolute Gasteiger partial charge is 0.194 e. The zero-order valence-corrected chi connectivity index (χ0v) is 16.7. The van der Waals surface area contributed by atoms with Crippen LogP contribution in [-0.4, -0.2) is 42.6 Å². The first-order chi connectivity index (χ1) is 12.3. The minimum absolute atomic E-state index is 0. The quantitative estimate of drug-likeness (QED) is 0.555. The lowest BCUT2D eigenvalue weighted by molar-refractivity contribution is 0.251. The number of hydrogen-bond donors (Lipinski definition) is 2. The molecule has 26 heavy (non-hydrogen) atoms. The molecule has 0 aliphatic carbocycles. The number of aromatic nitrogens is 1. The summed E-state index contributed by atoms with van der Waals surface area (Å²) in [5.74, 6) is 1.95. The second-order valence-electron chi connectivity index (χ2n) is 6.10. The van der Waals surface area contributed by atoms with Crippen molar-refractivity contribution in [3.8, 4) is 5.75 Å². The van der Waals surface area contributed by atoms with Gasteiger partial charge < -0.3 is 15.8 Å².